The molecule has 4 aromatic rings. The lowest BCUT2D eigenvalue weighted by Crippen LogP contribution is -2.62. The monoisotopic (exact) mass is 444 g/mol. The third-order valence-corrected chi connectivity index (χ3v) is 6.85. The molecule has 0 aliphatic carbocycles. The molecule has 34 heavy (non-hydrogen) atoms. The van der Waals surface area contributed by atoms with Gasteiger partial charge in [-0.15, -0.1) is 0 Å². The van der Waals surface area contributed by atoms with Crippen molar-refractivity contribution < 1.29 is 14.4 Å². The van der Waals surface area contributed by atoms with Gasteiger partial charge >= 0.3 is 0 Å². The Morgan fingerprint density at radius 2 is 1.24 bits per heavy atom. The number of anilines is 2. The van der Waals surface area contributed by atoms with Crippen LogP contribution in [0.5, 0.6) is 0 Å². The van der Waals surface area contributed by atoms with Gasteiger partial charge in [-0.2, -0.15) is 0 Å². The Labute approximate surface area is 196 Å². The molecule has 5 nitrogen and oxygen atoms in total. The topological polar surface area (TPSA) is 66.5 Å². The van der Waals surface area contributed by atoms with Crippen LogP contribution in [0.3, 0.4) is 0 Å². The Bertz CT molecular complexity index is 1440. The smallest absolute Gasteiger partial charge is 0.291 e. The van der Waals surface area contributed by atoms with Gasteiger partial charge in [-0.05, 0) is 18.2 Å². The summed E-state index contributed by atoms with van der Waals surface area (Å²) >= 11 is 0. The first-order valence-electron chi connectivity index (χ1n) is 11.1. The number of benzene rings is 4. The van der Waals surface area contributed by atoms with Crippen molar-refractivity contribution in [3.8, 4) is 0 Å². The van der Waals surface area contributed by atoms with Gasteiger partial charge < -0.3 is 10.2 Å². The lowest BCUT2D eigenvalue weighted by molar-refractivity contribution is -0.136. The molecule has 5 heteroatoms. The van der Waals surface area contributed by atoms with E-state index in [4.69, 9.17) is 0 Å². The average molecular weight is 444 g/mol. The Balaban J connectivity index is 1.79. The van der Waals surface area contributed by atoms with Crippen LogP contribution in [-0.2, 0) is 20.7 Å². The van der Waals surface area contributed by atoms with Crippen LogP contribution < -0.4 is 10.2 Å². The number of hydrogen-bond acceptors (Lipinski definition) is 4. The van der Waals surface area contributed by atoms with Gasteiger partial charge in [0, 0.05) is 28.1 Å². The van der Waals surface area contributed by atoms with E-state index >= 15 is 0 Å². The van der Waals surface area contributed by atoms with Crippen molar-refractivity contribution >= 4 is 28.8 Å². The summed E-state index contributed by atoms with van der Waals surface area (Å²) in [5.41, 5.74) is -0.276. The van der Waals surface area contributed by atoms with Crippen LogP contribution in [0.1, 0.15) is 21.5 Å². The first kappa shape index (κ1) is 20.1. The molecule has 2 heterocycles. The molecule has 2 aliphatic rings. The summed E-state index contributed by atoms with van der Waals surface area (Å²) in [4.78, 5) is 43.7. The highest BCUT2D eigenvalue weighted by Crippen LogP contribution is 2.62. The van der Waals surface area contributed by atoms with Gasteiger partial charge in [0.25, 0.3) is 5.91 Å². The summed E-state index contributed by atoms with van der Waals surface area (Å²) in [5, 5.41) is 3.00. The minimum atomic E-state index is -1.81. The van der Waals surface area contributed by atoms with Crippen molar-refractivity contribution in [3.63, 3.8) is 0 Å². The van der Waals surface area contributed by atoms with Crippen LogP contribution in [0.25, 0.3) is 0 Å². The highest BCUT2D eigenvalue weighted by molar-refractivity contribution is 6.50. The second kappa shape index (κ2) is 7.25. The maximum absolute atomic E-state index is 14.5. The number of rotatable bonds is 4. The number of hydrogen-bond donors (Lipinski definition) is 1. The average Bonchev–Trinajstić information content (AvgIpc) is 3.30. The highest BCUT2D eigenvalue weighted by Gasteiger charge is 2.76. The minimum absolute atomic E-state index is 0.373. The van der Waals surface area contributed by atoms with E-state index in [1.807, 2.05) is 83.8 Å². The summed E-state index contributed by atoms with van der Waals surface area (Å²) in [5.74, 6) is -1.94. The zero-order chi connectivity index (χ0) is 23.3. The van der Waals surface area contributed by atoms with E-state index in [1.165, 1.54) is 0 Å². The minimum Gasteiger partial charge on any atom is -0.321 e. The second-order valence-corrected chi connectivity index (χ2v) is 8.49. The maximum atomic E-state index is 14.5. The maximum Gasteiger partial charge on any atom is 0.291 e. The first-order chi connectivity index (χ1) is 16.6. The Kier molecular flexibility index (Phi) is 4.29. The number of para-hydroxylation sites is 2. The zero-order valence-corrected chi connectivity index (χ0v) is 18.1. The van der Waals surface area contributed by atoms with Crippen molar-refractivity contribution in [1.82, 2.24) is 5.32 Å². The van der Waals surface area contributed by atoms with Crippen LogP contribution >= 0.6 is 0 Å². The molecule has 6 rings (SSSR count). The van der Waals surface area contributed by atoms with Crippen LogP contribution in [-0.4, -0.2) is 17.5 Å². The number of nitrogens with one attached hydrogen (secondary N) is 1. The molecule has 4 aromatic carbocycles. The second-order valence-electron chi connectivity index (χ2n) is 8.49. The summed E-state index contributed by atoms with van der Waals surface area (Å²) < 4.78 is 0. The fourth-order valence-corrected chi connectivity index (χ4v) is 5.56. The lowest BCUT2D eigenvalue weighted by atomic mass is 9.65. The number of carbonyl (C=O) groups excluding carboxylic acids is 3. The van der Waals surface area contributed by atoms with Gasteiger partial charge in [0.2, 0.25) is 5.78 Å². The molecule has 164 valence electrons. The molecule has 2 aliphatic heterocycles. The van der Waals surface area contributed by atoms with E-state index in [1.54, 1.807) is 36.4 Å². The largest absolute Gasteiger partial charge is 0.321 e. The van der Waals surface area contributed by atoms with E-state index in [9.17, 15) is 14.4 Å². The molecule has 0 aromatic heterocycles. The van der Waals surface area contributed by atoms with E-state index in [0.29, 0.717) is 22.4 Å². The standard InChI is InChI=1S/C29H20N2O3/c32-25(20-12-4-1-5-13-20)28-23-18-10-11-19-24(23)31(22-16-8-3-9-17-22)29(28,30-27(34)26(28)33)21-14-6-2-7-15-21/h1-19H,(H,30,34)/t28-,29-/m0/s1. The quantitative estimate of drug-likeness (QED) is 0.286. The molecule has 1 fully saturated rings. The van der Waals surface area contributed by atoms with Crippen LogP contribution in [0.15, 0.2) is 115 Å². The Hall–Kier alpha value is -4.51. The van der Waals surface area contributed by atoms with Crippen molar-refractivity contribution in [2.45, 2.75) is 11.1 Å². The van der Waals surface area contributed by atoms with E-state index < -0.39 is 28.6 Å². The van der Waals surface area contributed by atoms with Crippen molar-refractivity contribution in [2.75, 3.05) is 4.90 Å². The predicted molar refractivity (Wildman–Crippen MR) is 129 cm³/mol. The summed E-state index contributed by atoms with van der Waals surface area (Å²) in [6.07, 6.45) is 0. The van der Waals surface area contributed by atoms with Gasteiger partial charge in [0.1, 0.15) is 0 Å². The number of carbonyl (C=O) groups is 3. The van der Waals surface area contributed by atoms with Gasteiger partial charge in [-0.1, -0.05) is 97.1 Å². The molecular weight excluding hydrogens is 424 g/mol. The van der Waals surface area contributed by atoms with E-state index in [2.05, 4.69) is 5.32 Å². The van der Waals surface area contributed by atoms with E-state index in [0.717, 1.165) is 5.69 Å². The number of fused-ring (bicyclic) bond motifs is 3. The number of amides is 1. The third kappa shape index (κ3) is 2.36. The highest BCUT2D eigenvalue weighted by atomic mass is 16.2. The van der Waals surface area contributed by atoms with Crippen molar-refractivity contribution in [1.29, 1.82) is 0 Å². The normalized spacial score (nSPS) is 22.8. The van der Waals surface area contributed by atoms with Crippen LogP contribution in [0.4, 0.5) is 11.4 Å². The number of ketones is 2. The van der Waals surface area contributed by atoms with Gasteiger partial charge in [-0.3, -0.25) is 14.4 Å². The zero-order valence-electron chi connectivity index (χ0n) is 18.1. The van der Waals surface area contributed by atoms with Gasteiger partial charge in [-0.25, -0.2) is 0 Å². The molecule has 0 radical (unpaired) electrons. The fourth-order valence-electron chi connectivity index (χ4n) is 5.56. The van der Waals surface area contributed by atoms with Crippen molar-refractivity contribution in [2.24, 2.45) is 0 Å². The van der Waals surface area contributed by atoms with Crippen molar-refractivity contribution in [3.05, 3.63) is 132 Å². The first-order valence-corrected chi connectivity index (χ1v) is 11.1. The molecular formula is C29H20N2O3. The third-order valence-electron chi connectivity index (χ3n) is 6.85. The molecule has 2 atom stereocenters. The number of nitrogens with zero attached hydrogens (tertiary/aromatic N) is 1. The number of Topliss-reactive ketones (excluding diaryl/α,β-unsaturated/α-hetero) is 2. The SMILES string of the molecule is O=C1N[C@@]2(c3ccccc3)N(c3ccccc3)c3ccccc3[C@]2(C(=O)c2ccccc2)C1=O. The molecule has 0 saturated carbocycles. The van der Waals surface area contributed by atoms with Crippen LogP contribution in [0.2, 0.25) is 0 Å². The molecule has 0 bridgehead atoms. The molecule has 0 unspecified atom stereocenters. The molecule has 0 spiro atoms. The van der Waals surface area contributed by atoms with Gasteiger partial charge in [0.15, 0.2) is 16.9 Å². The summed E-state index contributed by atoms with van der Waals surface area (Å²) in [6.45, 7) is 0. The molecule has 1 amide bonds. The van der Waals surface area contributed by atoms with E-state index in [-0.39, 0.29) is 0 Å². The Morgan fingerprint density at radius 1 is 0.676 bits per heavy atom. The Morgan fingerprint density at radius 3 is 1.91 bits per heavy atom. The fraction of sp³-hybridized carbons (Fsp3) is 0.0690. The molecule has 1 N–H and O–H groups in total. The van der Waals surface area contributed by atoms with Crippen LogP contribution in [0, 0.1) is 0 Å². The predicted octanol–water partition coefficient (Wildman–Crippen LogP) is 4.51. The van der Waals surface area contributed by atoms with Gasteiger partial charge in [0.05, 0.1) is 0 Å². The molecule has 1 saturated heterocycles. The summed E-state index contributed by atoms with van der Waals surface area (Å²) in [6, 6.07) is 34.9. The lowest BCUT2D eigenvalue weighted by Gasteiger charge is -2.44. The summed E-state index contributed by atoms with van der Waals surface area (Å²) in [7, 11) is 0.